The van der Waals surface area contributed by atoms with Gasteiger partial charge in [0.25, 0.3) is 0 Å². The van der Waals surface area contributed by atoms with Crippen LogP contribution in [0.15, 0.2) is 0 Å². The predicted molar refractivity (Wildman–Crippen MR) is 69.0 cm³/mol. The third-order valence-corrected chi connectivity index (χ3v) is 4.93. The molecule has 1 rings (SSSR count). The Balaban J connectivity index is 2.63. The molecule has 0 saturated heterocycles. The summed E-state index contributed by atoms with van der Waals surface area (Å²) in [6.45, 7) is 9.66. The van der Waals surface area contributed by atoms with Crippen LogP contribution >= 0.6 is 0 Å². The molecule has 0 heteroatoms. The monoisotopic (exact) mass is 210 g/mol. The summed E-state index contributed by atoms with van der Waals surface area (Å²) in [6.07, 6.45) is 11.6. The van der Waals surface area contributed by atoms with Gasteiger partial charge in [0.05, 0.1) is 0 Å². The molecule has 0 aromatic carbocycles. The van der Waals surface area contributed by atoms with E-state index in [9.17, 15) is 0 Å². The lowest BCUT2D eigenvalue weighted by Crippen LogP contribution is -2.22. The molecule has 0 bridgehead atoms. The first-order valence-electron chi connectivity index (χ1n) is 7.15. The highest BCUT2D eigenvalue weighted by atomic mass is 14.4. The van der Waals surface area contributed by atoms with E-state index in [0.29, 0.717) is 5.41 Å². The van der Waals surface area contributed by atoms with E-state index in [2.05, 4.69) is 27.7 Å². The van der Waals surface area contributed by atoms with Gasteiger partial charge in [0.15, 0.2) is 0 Å². The molecule has 1 aliphatic carbocycles. The van der Waals surface area contributed by atoms with E-state index in [0.717, 1.165) is 11.8 Å². The minimum atomic E-state index is 0.657. The fourth-order valence-electron chi connectivity index (χ4n) is 3.47. The second kappa shape index (κ2) is 5.92. The van der Waals surface area contributed by atoms with Crippen molar-refractivity contribution in [2.24, 2.45) is 17.3 Å². The third kappa shape index (κ3) is 3.50. The van der Waals surface area contributed by atoms with E-state index in [1.807, 2.05) is 0 Å². The van der Waals surface area contributed by atoms with Crippen molar-refractivity contribution >= 4 is 0 Å². The Morgan fingerprint density at radius 3 is 2.33 bits per heavy atom. The topological polar surface area (TPSA) is 0 Å². The fraction of sp³-hybridized carbons (Fsp3) is 1.00. The van der Waals surface area contributed by atoms with Crippen molar-refractivity contribution in [1.29, 1.82) is 0 Å². The Hall–Kier alpha value is 0. The zero-order valence-corrected chi connectivity index (χ0v) is 11.3. The lowest BCUT2D eigenvalue weighted by molar-refractivity contribution is 0.179. The van der Waals surface area contributed by atoms with Gasteiger partial charge in [0, 0.05) is 0 Å². The van der Waals surface area contributed by atoms with Gasteiger partial charge in [0.2, 0.25) is 0 Å². The van der Waals surface area contributed by atoms with Gasteiger partial charge < -0.3 is 0 Å². The molecule has 0 N–H and O–H groups in total. The second-order valence-electron chi connectivity index (χ2n) is 5.95. The standard InChI is InChI=1S/C15H30/c1-5-13(6-2)14-10-8-9-11-15(4,7-3)12-14/h13-14H,5-12H2,1-4H3. The van der Waals surface area contributed by atoms with Crippen LogP contribution < -0.4 is 0 Å². The Morgan fingerprint density at radius 1 is 1.13 bits per heavy atom. The van der Waals surface area contributed by atoms with Gasteiger partial charge >= 0.3 is 0 Å². The van der Waals surface area contributed by atoms with Gasteiger partial charge in [-0.1, -0.05) is 66.2 Å². The second-order valence-corrected chi connectivity index (χ2v) is 5.95. The number of hydrogen-bond acceptors (Lipinski definition) is 0. The van der Waals surface area contributed by atoms with Crippen LogP contribution in [0.5, 0.6) is 0 Å². The SMILES string of the molecule is CCC(CC)C1CCCCC(C)(CC)C1. The summed E-state index contributed by atoms with van der Waals surface area (Å²) in [5.41, 5.74) is 0.657. The Bertz CT molecular complexity index is 169. The maximum absolute atomic E-state index is 2.52. The Kier molecular flexibility index (Phi) is 5.15. The fourth-order valence-corrected chi connectivity index (χ4v) is 3.47. The average molecular weight is 210 g/mol. The molecule has 0 heterocycles. The van der Waals surface area contributed by atoms with Crippen molar-refractivity contribution in [3.63, 3.8) is 0 Å². The molecular formula is C15H30. The molecule has 0 radical (unpaired) electrons. The molecule has 0 aromatic rings. The third-order valence-electron chi connectivity index (χ3n) is 4.93. The molecular weight excluding hydrogens is 180 g/mol. The van der Waals surface area contributed by atoms with Crippen molar-refractivity contribution < 1.29 is 0 Å². The highest BCUT2D eigenvalue weighted by Crippen LogP contribution is 2.43. The van der Waals surface area contributed by atoms with Crippen molar-refractivity contribution in [1.82, 2.24) is 0 Å². The molecule has 1 saturated carbocycles. The number of rotatable bonds is 4. The lowest BCUT2D eigenvalue weighted by Gasteiger charge is -2.33. The van der Waals surface area contributed by atoms with E-state index in [-0.39, 0.29) is 0 Å². The van der Waals surface area contributed by atoms with Gasteiger partial charge in [-0.05, 0) is 30.1 Å². The summed E-state index contributed by atoms with van der Waals surface area (Å²) in [5, 5.41) is 0. The lowest BCUT2D eigenvalue weighted by atomic mass is 9.72. The first-order valence-corrected chi connectivity index (χ1v) is 7.15. The maximum atomic E-state index is 2.52. The van der Waals surface area contributed by atoms with Crippen molar-refractivity contribution in [3.05, 3.63) is 0 Å². The maximum Gasteiger partial charge on any atom is -0.0326 e. The van der Waals surface area contributed by atoms with Crippen LogP contribution in [0.3, 0.4) is 0 Å². The smallest absolute Gasteiger partial charge is 0.0326 e. The summed E-state index contributed by atoms with van der Waals surface area (Å²) in [7, 11) is 0. The van der Waals surface area contributed by atoms with Crippen molar-refractivity contribution in [2.45, 2.75) is 79.1 Å². The summed E-state index contributed by atoms with van der Waals surface area (Å²) in [6, 6.07) is 0. The van der Waals surface area contributed by atoms with Gasteiger partial charge in [-0.25, -0.2) is 0 Å². The molecule has 2 unspecified atom stereocenters. The first-order chi connectivity index (χ1) is 7.15. The molecule has 90 valence electrons. The van der Waals surface area contributed by atoms with Crippen molar-refractivity contribution in [2.75, 3.05) is 0 Å². The normalized spacial score (nSPS) is 33.0. The van der Waals surface area contributed by atoms with Gasteiger partial charge in [-0.15, -0.1) is 0 Å². The van der Waals surface area contributed by atoms with Gasteiger partial charge in [0.1, 0.15) is 0 Å². The Labute approximate surface area is 96.8 Å². The molecule has 0 amide bonds. The molecule has 0 aliphatic heterocycles. The van der Waals surface area contributed by atoms with Crippen molar-refractivity contribution in [3.8, 4) is 0 Å². The summed E-state index contributed by atoms with van der Waals surface area (Å²) in [4.78, 5) is 0. The first kappa shape index (κ1) is 13.1. The predicted octanol–water partition coefficient (Wildman–Crippen LogP) is 5.42. The highest BCUT2D eigenvalue weighted by molar-refractivity contribution is 4.82. The zero-order valence-electron chi connectivity index (χ0n) is 11.3. The zero-order chi connectivity index (χ0) is 11.3. The van der Waals surface area contributed by atoms with Crippen LogP contribution in [0, 0.1) is 17.3 Å². The van der Waals surface area contributed by atoms with E-state index in [1.54, 1.807) is 0 Å². The van der Waals surface area contributed by atoms with E-state index in [4.69, 9.17) is 0 Å². The molecule has 1 fully saturated rings. The quantitative estimate of drug-likeness (QED) is 0.544. The van der Waals surface area contributed by atoms with E-state index < -0.39 is 0 Å². The largest absolute Gasteiger partial charge is 0.0651 e. The average Bonchev–Trinajstić information content (AvgIpc) is 2.43. The van der Waals surface area contributed by atoms with E-state index in [1.165, 1.54) is 51.4 Å². The minimum Gasteiger partial charge on any atom is -0.0651 e. The molecule has 0 spiro atoms. The van der Waals surface area contributed by atoms with Crippen LogP contribution in [0.2, 0.25) is 0 Å². The van der Waals surface area contributed by atoms with Gasteiger partial charge in [-0.3, -0.25) is 0 Å². The molecule has 0 nitrogen and oxygen atoms in total. The number of hydrogen-bond donors (Lipinski definition) is 0. The van der Waals surface area contributed by atoms with Crippen LogP contribution in [0.1, 0.15) is 79.1 Å². The van der Waals surface area contributed by atoms with Gasteiger partial charge in [-0.2, -0.15) is 0 Å². The molecule has 1 aliphatic rings. The van der Waals surface area contributed by atoms with Crippen LogP contribution in [-0.4, -0.2) is 0 Å². The molecule has 0 aromatic heterocycles. The van der Waals surface area contributed by atoms with E-state index >= 15 is 0 Å². The summed E-state index contributed by atoms with van der Waals surface area (Å²) < 4.78 is 0. The summed E-state index contributed by atoms with van der Waals surface area (Å²) >= 11 is 0. The minimum absolute atomic E-state index is 0.657. The summed E-state index contributed by atoms with van der Waals surface area (Å²) in [5.74, 6) is 2.02. The Morgan fingerprint density at radius 2 is 1.80 bits per heavy atom. The highest BCUT2D eigenvalue weighted by Gasteiger charge is 2.31. The van der Waals surface area contributed by atoms with Crippen LogP contribution in [0.25, 0.3) is 0 Å². The van der Waals surface area contributed by atoms with Crippen LogP contribution in [0.4, 0.5) is 0 Å². The molecule has 15 heavy (non-hydrogen) atoms. The van der Waals surface area contributed by atoms with Crippen LogP contribution in [-0.2, 0) is 0 Å². The molecule has 2 atom stereocenters.